The molecule has 5 heteroatoms. The van der Waals surface area contributed by atoms with E-state index >= 15 is 0 Å². The molecule has 0 spiro atoms. The van der Waals surface area contributed by atoms with Crippen molar-refractivity contribution in [1.29, 1.82) is 5.26 Å². The molecule has 1 aromatic heterocycles. The molecule has 118 valence electrons. The van der Waals surface area contributed by atoms with Crippen molar-refractivity contribution in [3.8, 4) is 17.3 Å². The number of nitrogen functional groups attached to an aromatic ring is 1. The van der Waals surface area contributed by atoms with E-state index < -0.39 is 0 Å². The highest BCUT2D eigenvalue weighted by Crippen LogP contribution is 2.24. The third kappa shape index (κ3) is 3.39. The minimum Gasteiger partial charge on any atom is -0.381 e. The number of aromatic nitrogens is 2. The fraction of sp³-hybridized carbons (Fsp3) is 0.105. The Morgan fingerprint density at radius 1 is 0.958 bits per heavy atom. The summed E-state index contributed by atoms with van der Waals surface area (Å²) in [6.45, 7) is 0. The van der Waals surface area contributed by atoms with Gasteiger partial charge < -0.3 is 5.73 Å². The van der Waals surface area contributed by atoms with E-state index in [1.54, 1.807) is 12.1 Å². The normalized spacial score (nSPS) is 10.3. The quantitative estimate of drug-likeness (QED) is 0.798. The molecule has 3 rings (SSSR count). The van der Waals surface area contributed by atoms with Crippen LogP contribution in [0.25, 0.3) is 11.3 Å². The molecule has 2 aromatic carbocycles. The number of nitrogens with zero attached hydrogens (tertiary/aromatic N) is 3. The number of aryl methyl sites for hydroxylation is 2. The Hall–Kier alpha value is -3.26. The number of halogens is 1. The summed E-state index contributed by atoms with van der Waals surface area (Å²) in [5.41, 5.74) is 9.07. The Morgan fingerprint density at radius 3 is 2.33 bits per heavy atom. The van der Waals surface area contributed by atoms with E-state index in [1.165, 1.54) is 17.7 Å². The van der Waals surface area contributed by atoms with Gasteiger partial charge in [0, 0.05) is 5.56 Å². The van der Waals surface area contributed by atoms with Crippen molar-refractivity contribution in [2.45, 2.75) is 12.8 Å². The first-order valence-electron chi connectivity index (χ1n) is 7.53. The molecular formula is C19H15FN4. The van der Waals surface area contributed by atoms with Gasteiger partial charge in [0.1, 0.15) is 11.9 Å². The van der Waals surface area contributed by atoms with E-state index in [0.717, 1.165) is 12.0 Å². The van der Waals surface area contributed by atoms with Crippen LogP contribution in [0, 0.1) is 17.1 Å². The van der Waals surface area contributed by atoms with Gasteiger partial charge in [0.2, 0.25) is 0 Å². The van der Waals surface area contributed by atoms with Crippen LogP contribution in [-0.2, 0) is 12.8 Å². The summed E-state index contributed by atoms with van der Waals surface area (Å²) in [7, 11) is 0. The third-order valence-corrected chi connectivity index (χ3v) is 3.71. The van der Waals surface area contributed by atoms with Crippen LogP contribution in [0.4, 0.5) is 10.2 Å². The van der Waals surface area contributed by atoms with E-state index in [0.29, 0.717) is 17.8 Å². The fourth-order valence-electron chi connectivity index (χ4n) is 2.49. The van der Waals surface area contributed by atoms with Gasteiger partial charge in [-0.05, 0) is 42.7 Å². The Bertz CT molecular complexity index is 884. The van der Waals surface area contributed by atoms with Crippen molar-refractivity contribution < 1.29 is 4.39 Å². The zero-order chi connectivity index (χ0) is 16.9. The van der Waals surface area contributed by atoms with Crippen molar-refractivity contribution in [3.05, 3.63) is 77.4 Å². The second kappa shape index (κ2) is 6.88. The number of benzene rings is 2. The first-order valence-corrected chi connectivity index (χ1v) is 7.53. The highest BCUT2D eigenvalue weighted by Gasteiger charge is 2.14. The Balaban J connectivity index is 1.99. The van der Waals surface area contributed by atoms with E-state index in [2.05, 4.69) is 9.97 Å². The maximum absolute atomic E-state index is 13.2. The molecule has 0 bridgehead atoms. The van der Waals surface area contributed by atoms with Crippen LogP contribution < -0.4 is 5.73 Å². The van der Waals surface area contributed by atoms with Crippen molar-refractivity contribution in [2.75, 3.05) is 5.73 Å². The second-order valence-electron chi connectivity index (χ2n) is 5.36. The van der Waals surface area contributed by atoms with E-state index in [-0.39, 0.29) is 17.3 Å². The molecule has 4 nitrogen and oxygen atoms in total. The molecule has 0 unspecified atom stereocenters. The van der Waals surface area contributed by atoms with Crippen LogP contribution in [0.5, 0.6) is 0 Å². The lowest BCUT2D eigenvalue weighted by Crippen LogP contribution is -2.06. The molecule has 0 amide bonds. The van der Waals surface area contributed by atoms with Gasteiger partial charge in [-0.3, -0.25) is 0 Å². The monoisotopic (exact) mass is 318 g/mol. The van der Waals surface area contributed by atoms with Gasteiger partial charge in [-0.2, -0.15) is 5.26 Å². The first-order chi connectivity index (χ1) is 11.7. The summed E-state index contributed by atoms with van der Waals surface area (Å²) >= 11 is 0. The molecule has 0 saturated heterocycles. The summed E-state index contributed by atoms with van der Waals surface area (Å²) in [6, 6.07) is 18.0. The van der Waals surface area contributed by atoms with Crippen molar-refractivity contribution in [3.63, 3.8) is 0 Å². The Labute approximate surface area is 139 Å². The average Bonchev–Trinajstić information content (AvgIpc) is 2.62. The Kier molecular flexibility index (Phi) is 4.48. The van der Waals surface area contributed by atoms with Crippen LogP contribution >= 0.6 is 0 Å². The summed E-state index contributed by atoms with van der Waals surface area (Å²) in [6.07, 6.45) is 1.37. The molecule has 24 heavy (non-hydrogen) atoms. The molecule has 0 aliphatic rings. The first kappa shape index (κ1) is 15.6. The van der Waals surface area contributed by atoms with Gasteiger partial charge in [0.15, 0.2) is 11.5 Å². The van der Waals surface area contributed by atoms with Gasteiger partial charge in [0.25, 0.3) is 0 Å². The molecule has 0 saturated carbocycles. The average molecular weight is 318 g/mol. The molecular weight excluding hydrogens is 303 g/mol. The van der Waals surface area contributed by atoms with E-state index in [9.17, 15) is 4.39 Å². The predicted molar refractivity (Wildman–Crippen MR) is 90.4 cm³/mol. The summed E-state index contributed by atoms with van der Waals surface area (Å²) in [4.78, 5) is 8.69. The van der Waals surface area contributed by atoms with Crippen LogP contribution in [0.15, 0.2) is 54.6 Å². The number of nitriles is 1. The van der Waals surface area contributed by atoms with E-state index in [4.69, 9.17) is 11.0 Å². The third-order valence-electron chi connectivity index (χ3n) is 3.71. The van der Waals surface area contributed by atoms with Gasteiger partial charge in [-0.25, -0.2) is 14.4 Å². The van der Waals surface area contributed by atoms with Gasteiger partial charge in [0.05, 0.1) is 11.4 Å². The zero-order valence-corrected chi connectivity index (χ0v) is 12.9. The summed E-state index contributed by atoms with van der Waals surface area (Å²) in [5, 5.41) is 9.14. The number of nitrogens with two attached hydrogens (primary N) is 1. The highest BCUT2D eigenvalue weighted by atomic mass is 19.1. The molecule has 0 aliphatic heterocycles. The SMILES string of the molecule is N#Cc1nc(CCc2ccccc2)c(-c2ccc(F)cc2)nc1N. The largest absolute Gasteiger partial charge is 0.381 e. The van der Waals surface area contributed by atoms with Crippen molar-refractivity contribution in [2.24, 2.45) is 0 Å². The standard InChI is InChI=1S/C19H15FN4/c20-15-9-7-14(8-10-15)18-16(23-17(12-21)19(22)24-18)11-6-13-4-2-1-3-5-13/h1-5,7-10H,6,11H2,(H2,22,24). The van der Waals surface area contributed by atoms with Gasteiger partial charge in [-0.1, -0.05) is 30.3 Å². The lowest BCUT2D eigenvalue weighted by atomic mass is 10.0. The lowest BCUT2D eigenvalue weighted by Gasteiger charge is -2.10. The van der Waals surface area contributed by atoms with Gasteiger partial charge in [-0.15, -0.1) is 0 Å². The zero-order valence-electron chi connectivity index (χ0n) is 12.9. The highest BCUT2D eigenvalue weighted by molar-refractivity contribution is 5.64. The molecule has 3 aromatic rings. The van der Waals surface area contributed by atoms with Gasteiger partial charge >= 0.3 is 0 Å². The smallest absolute Gasteiger partial charge is 0.183 e. The van der Waals surface area contributed by atoms with Crippen molar-refractivity contribution in [1.82, 2.24) is 9.97 Å². The molecule has 2 N–H and O–H groups in total. The Morgan fingerprint density at radius 2 is 1.67 bits per heavy atom. The molecule has 0 fully saturated rings. The second-order valence-corrected chi connectivity index (χ2v) is 5.36. The topological polar surface area (TPSA) is 75.6 Å². The minimum absolute atomic E-state index is 0.0836. The van der Waals surface area contributed by atoms with Crippen LogP contribution in [0.1, 0.15) is 17.0 Å². The van der Waals surface area contributed by atoms with Crippen LogP contribution in [-0.4, -0.2) is 9.97 Å². The van der Waals surface area contributed by atoms with Crippen molar-refractivity contribution >= 4 is 5.82 Å². The van der Waals surface area contributed by atoms with Crippen LogP contribution in [0.3, 0.4) is 0 Å². The molecule has 0 aliphatic carbocycles. The predicted octanol–water partition coefficient (Wildman–Crippen LogP) is 3.52. The maximum Gasteiger partial charge on any atom is 0.183 e. The number of hydrogen-bond donors (Lipinski definition) is 1. The number of anilines is 1. The fourth-order valence-corrected chi connectivity index (χ4v) is 2.49. The maximum atomic E-state index is 13.2. The molecule has 1 heterocycles. The van der Waals surface area contributed by atoms with Crippen LogP contribution in [0.2, 0.25) is 0 Å². The molecule has 0 atom stereocenters. The molecule has 0 radical (unpaired) electrons. The number of rotatable bonds is 4. The summed E-state index contributed by atoms with van der Waals surface area (Å²) < 4.78 is 13.2. The van der Waals surface area contributed by atoms with E-state index in [1.807, 2.05) is 36.4 Å². The minimum atomic E-state index is -0.320. The lowest BCUT2D eigenvalue weighted by molar-refractivity contribution is 0.628. The summed E-state index contributed by atoms with van der Waals surface area (Å²) in [5.74, 6) is -0.237. The number of hydrogen-bond acceptors (Lipinski definition) is 4.